The number of imidazole rings is 1. The second-order valence-electron chi connectivity index (χ2n) is 6.50. The smallest absolute Gasteiger partial charge is 0.236 e. The lowest BCUT2D eigenvalue weighted by Gasteiger charge is -2.23. The molecule has 120 valence electrons. The topological polar surface area (TPSA) is 50.2 Å². The quantitative estimate of drug-likeness (QED) is 0.940. The molecule has 0 radical (unpaired) electrons. The Kier molecular flexibility index (Phi) is 3.45. The van der Waals surface area contributed by atoms with Gasteiger partial charge in [-0.2, -0.15) is 0 Å². The van der Waals surface area contributed by atoms with Crippen molar-refractivity contribution in [3.63, 3.8) is 0 Å². The fraction of sp³-hybridized carbons (Fsp3) is 0.444. The van der Waals surface area contributed by atoms with Gasteiger partial charge < -0.3 is 14.8 Å². The van der Waals surface area contributed by atoms with E-state index in [0.29, 0.717) is 0 Å². The van der Waals surface area contributed by atoms with Crippen LogP contribution in [-0.4, -0.2) is 40.0 Å². The maximum atomic E-state index is 12.6. The molecule has 5 nitrogen and oxygen atoms in total. The maximum Gasteiger partial charge on any atom is 0.236 e. The number of benzene rings is 1. The molecular weight excluding hydrogens is 288 g/mol. The third-order valence-corrected chi connectivity index (χ3v) is 5.25. The van der Waals surface area contributed by atoms with Gasteiger partial charge in [-0.3, -0.25) is 4.79 Å². The van der Waals surface area contributed by atoms with Crippen LogP contribution in [0.4, 0.5) is 5.69 Å². The molecule has 1 aromatic carbocycles. The Morgan fingerprint density at radius 2 is 2.17 bits per heavy atom. The average Bonchev–Trinajstić information content (AvgIpc) is 3.26. The van der Waals surface area contributed by atoms with Crippen LogP contribution in [0, 0.1) is 0 Å². The number of hydrogen-bond donors (Lipinski definition) is 1. The Morgan fingerprint density at radius 1 is 1.30 bits per heavy atom. The van der Waals surface area contributed by atoms with Crippen molar-refractivity contribution in [2.24, 2.45) is 0 Å². The van der Waals surface area contributed by atoms with Crippen LogP contribution in [-0.2, 0) is 23.2 Å². The zero-order chi connectivity index (χ0) is 15.9. The third kappa shape index (κ3) is 2.27. The first-order valence-corrected chi connectivity index (χ1v) is 8.36. The summed E-state index contributed by atoms with van der Waals surface area (Å²) in [5.41, 5.74) is 1.81. The van der Waals surface area contributed by atoms with Crippen molar-refractivity contribution in [1.82, 2.24) is 14.5 Å². The minimum Gasteiger partial charge on any atom is -0.334 e. The van der Waals surface area contributed by atoms with Gasteiger partial charge in [-0.25, -0.2) is 4.98 Å². The van der Waals surface area contributed by atoms with Crippen molar-refractivity contribution < 1.29 is 4.79 Å². The van der Waals surface area contributed by atoms with Gasteiger partial charge in [0.15, 0.2) is 0 Å². The molecule has 2 aliphatic rings. The van der Waals surface area contributed by atoms with Gasteiger partial charge in [0.25, 0.3) is 0 Å². The lowest BCUT2D eigenvalue weighted by Crippen LogP contribution is -2.38. The molecule has 0 saturated carbocycles. The van der Waals surface area contributed by atoms with Crippen LogP contribution in [0.3, 0.4) is 0 Å². The number of aromatic nitrogens is 2. The van der Waals surface area contributed by atoms with E-state index in [1.807, 2.05) is 30.6 Å². The Hall–Kier alpha value is -2.14. The molecule has 3 heterocycles. The SMILES string of the molecule is CCc1nccn1CCN1CCC2(C1)C(=O)Nc1ccccc12. The summed E-state index contributed by atoms with van der Waals surface area (Å²) in [5, 5.41) is 3.06. The second-order valence-corrected chi connectivity index (χ2v) is 6.50. The molecule has 4 rings (SSSR count). The monoisotopic (exact) mass is 310 g/mol. The van der Waals surface area contributed by atoms with Crippen molar-refractivity contribution >= 4 is 11.6 Å². The van der Waals surface area contributed by atoms with E-state index < -0.39 is 0 Å². The number of nitrogens with one attached hydrogen (secondary N) is 1. The predicted octanol–water partition coefficient (Wildman–Crippen LogP) is 2.04. The third-order valence-electron chi connectivity index (χ3n) is 5.25. The zero-order valence-corrected chi connectivity index (χ0v) is 13.5. The first kappa shape index (κ1) is 14.5. The summed E-state index contributed by atoms with van der Waals surface area (Å²) in [5.74, 6) is 1.29. The van der Waals surface area contributed by atoms with Gasteiger partial charge in [0.05, 0.1) is 5.41 Å². The number of para-hydroxylation sites is 1. The highest BCUT2D eigenvalue weighted by molar-refractivity contribution is 6.06. The number of amides is 1. The standard InChI is InChI=1S/C18H22N4O/c1-2-16-19-8-10-22(16)12-11-21-9-7-18(13-21)14-5-3-4-6-15(14)20-17(18)23/h3-6,8,10H,2,7,9,11-13H2,1H3,(H,20,23). The normalized spacial score (nSPS) is 23.4. The number of rotatable bonds is 4. The summed E-state index contributed by atoms with van der Waals surface area (Å²) < 4.78 is 2.22. The maximum absolute atomic E-state index is 12.6. The molecular formula is C18H22N4O. The largest absolute Gasteiger partial charge is 0.334 e. The van der Waals surface area contributed by atoms with E-state index in [1.54, 1.807) is 0 Å². The van der Waals surface area contributed by atoms with Gasteiger partial charge >= 0.3 is 0 Å². The van der Waals surface area contributed by atoms with Crippen molar-refractivity contribution in [2.75, 3.05) is 25.0 Å². The van der Waals surface area contributed by atoms with Crippen LogP contribution < -0.4 is 5.32 Å². The van der Waals surface area contributed by atoms with Crippen LogP contribution >= 0.6 is 0 Å². The highest BCUT2D eigenvalue weighted by Crippen LogP contribution is 2.43. The van der Waals surface area contributed by atoms with Crippen molar-refractivity contribution in [2.45, 2.75) is 31.7 Å². The Morgan fingerprint density at radius 3 is 3.04 bits per heavy atom. The highest BCUT2D eigenvalue weighted by atomic mass is 16.2. The summed E-state index contributed by atoms with van der Waals surface area (Å²) in [7, 11) is 0. The van der Waals surface area contributed by atoms with Crippen LogP contribution in [0.1, 0.15) is 24.7 Å². The Labute approximate surface area is 136 Å². The number of nitrogens with zero attached hydrogens (tertiary/aromatic N) is 3. The molecule has 5 heteroatoms. The molecule has 1 N–H and O–H groups in total. The molecule has 1 amide bonds. The van der Waals surface area contributed by atoms with Gasteiger partial charge in [-0.05, 0) is 24.6 Å². The fourth-order valence-corrected chi connectivity index (χ4v) is 3.97. The molecule has 1 aromatic heterocycles. The van der Waals surface area contributed by atoms with E-state index in [-0.39, 0.29) is 11.3 Å². The van der Waals surface area contributed by atoms with Crippen molar-refractivity contribution in [3.8, 4) is 0 Å². The summed E-state index contributed by atoms with van der Waals surface area (Å²) >= 11 is 0. The number of aryl methyl sites for hydroxylation is 1. The summed E-state index contributed by atoms with van der Waals surface area (Å²) in [4.78, 5) is 19.4. The fourth-order valence-electron chi connectivity index (χ4n) is 3.97. The second kappa shape index (κ2) is 5.49. The van der Waals surface area contributed by atoms with Crippen molar-refractivity contribution in [1.29, 1.82) is 0 Å². The number of fused-ring (bicyclic) bond motifs is 2. The predicted molar refractivity (Wildman–Crippen MR) is 89.4 cm³/mol. The number of carbonyl (C=O) groups is 1. The minimum atomic E-state index is -0.348. The van der Waals surface area contributed by atoms with Gasteiger partial charge in [0.1, 0.15) is 5.82 Å². The molecule has 2 aliphatic heterocycles. The molecule has 2 aromatic rings. The van der Waals surface area contributed by atoms with E-state index in [0.717, 1.165) is 50.5 Å². The first-order chi connectivity index (χ1) is 11.2. The number of likely N-dealkylation sites (tertiary alicyclic amines) is 1. The van der Waals surface area contributed by atoms with Crippen LogP contribution in [0.15, 0.2) is 36.7 Å². The molecule has 1 spiro atoms. The van der Waals surface area contributed by atoms with E-state index in [1.165, 1.54) is 5.56 Å². The van der Waals surface area contributed by atoms with E-state index in [4.69, 9.17) is 0 Å². The lowest BCUT2D eigenvalue weighted by molar-refractivity contribution is -0.120. The Bertz CT molecular complexity index is 738. The highest BCUT2D eigenvalue weighted by Gasteiger charge is 2.50. The number of anilines is 1. The van der Waals surface area contributed by atoms with E-state index in [2.05, 4.69) is 32.8 Å². The molecule has 1 atom stereocenters. The van der Waals surface area contributed by atoms with Gasteiger partial charge in [0.2, 0.25) is 5.91 Å². The summed E-state index contributed by atoms with van der Waals surface area (Å²) in [6.45, 7) is 5.80. The molecule has 23 heavy (non-hydrogen) atoms. The molecule has 0 bridgehead atoms. The first-order valence-electron chi connectivity index (χ1n) is 8.36. The van der Waals surface area contributed by atoms with Crippen LogP contribution in [0.2, 0.25) is 0 Å². The van der Waals surface area contributed by atoms with Crippen LogP contribution in [0.5, 0.6) is 0 Å². The molecule has 1 saturated heterocycles. The van der Waals surface area contributed by atoms with E-state index in [9.17, 15) is 4.79 Å². The van der Waals surface area contributed by atoms with Gasteiger partial charge in [-0.1, -0.05) is 25.1 Å². The summed E-state index contributed by atoms with van der Waals surface area (Å²) in [6.07, 6.45) is 5.76. The Balaban J connectivity index is 1.48. The molecule has 1 unspecified atom stereocenters. The lowest BCUT2D eigenvalue weighted by atomic mass is 9.81. The van der Waals surface area contributed by atoms with Crippen molar-refractivity contribution in [3.05, 3.63) is 48.0 Å². The number of hydrogen-bond acceptors (Lipinski definition) is 3. The average molecular weight is 310 g/mol. The van der Waals surface area contributed by atoms with E-state index >= 15 is 0 Å². The molecule has 0 aliphatic carbocycles. The van der Waals surface area contributed by atoms with Crippen LogP contribution in [0.25, 0.3) is 0 Å². The van der Waals surface area contributed by atoms with Gasteiger partial charge in [0, 0.05) is 44.1 Å². The number of carbonyl (C=O) groups excluding carboxylic acids is 1. The molecule has 1 fully saturated rings. The zero-order valence-electron chi connectivity index (χ0n) is 13.5. The van der Waals surface area contributed by atoms with Gasteiger partial charge in [-0.15, -0.1) is 0 Å². The summed E-state index contributed by atoms with van der Waals surface area (Å²) in [6, 6.07) is 8.12. The minimum absolute atomic E-state index is 0.165.